The molecule has 12 heteroatoms. The molecule has 0 spiro atoms. The molecule has 3 aromatic heterocycles. The van der Waals surface area contributed by atoms with Crippen LogP contribution in [-0.4, -0.2) is 67.4 Å². The Kier molecular flexibility index (Phi) is 8.89. The molecule has 198 valence electrons. The van der Waals surface area contributed by atoms with E-state index < -0.39 is 5.97 Å². The third-order valence-electron chi connectivity index (χ3n) is 7.00. The fourth-order valence-corrected chi connectivity index (χ4v) is 6.81. The first-order valence-corrected chi connectivity index (χ1v) is 14.0. The number of rotatable bonds is 8. The zero-order chi connectivity index (χ0) is 25.2. The first kappa shape index (κ1) is 27.6. The van der Waals surface area contributed by atoms with Crippen molar-refractivity contribution in [2.45, 2.75) is 58.5 Å². The molecule has 2 fully saturated rings. The monoisotopic (exact) mass is 562 g/mol. The molecular weight excluding hydrogens is 532 g/mol. The number of ketones is 1. The summed E-state index contributed by atoms with van der Waals surface area (Å²) in [6, 6.07) is 0.548. The van der Waals surface area contributed by atoms with Crippen LogP contribution in [0.15, 0.2) is 17.8 Å². The van der Waals surface area contributed by atoms with Crippen molar-refractivity contribution in [3.05, 3.63) is 39.0 Å². The van der Waals surface area contributed by atoms with Crippen molar-refractivity contribution >= 4 is 52.7 Å². The molecular formula is C25H31ClN6O3S2. The quantitative estimate of drug-likeness (QED) is 0.396. The van der Waals surface area contributed by atoms with E-state index in [0.717, 1.165) is 39.4 Å². The maximum atomic E-state index is 13.0. The van der Waals surface area contributed by atoms with E-state index in [9.17, 15) is 14.7 Å². The van der Waals surface area contributed by atoms with Crippen LogP contribution in [0.1, 0.15) is 58.7 Å². The number of anilines is 1. The van der Waals surface area contributed by atoms with Crippen molar-refractivity contribution in [2.75, 3.05) is 24.5 Å². The number of carbonyl (C=O) groups is 2. The summed E-state index contributed by atoms with van der Waals surface area (Å²) in [7, 11) is 0. The SMILES string of the molecule is Cc1csc(-c2nc(CC(=O)c3cnc(N4CCC(C(=O)O)CC4)cn3)sc2CN2CCC[C@H]2C)n1.Cl. The first-order valence-electron chi connectivity index (χ1n) is 12.4. The van der Waals surface area contributed by atoms with Crippen molar-refractivity contribution in [3.8, 4) is 10.7 Å². The number of carboxylic acids is 1. The van der Waals surface area contributed by atoms with Gasteiger partial charge < -0.3 is 10.0 Å². The topological polar surface area (TPSA) is 112 Å². The Morgan fingerprint density at radius 1 is 1.11 bits per heavy atom. The molecule has 9 nitrogen and oxygen atoms in total. The predicted octanol–water partition coefficient (Wildman–Crippen LogP) is 4.50. The second-order valence-corrected chi connectivity index (χ2v) is 11.6. The highest BCUT2D eigenvalue weighted by Gasteiger charge is 2.27. The van der Waals surface area contributed by atoms with Crippen LogP contribution < -0.4 is 4.90 Å². The smallest absolute Gasteiger partial charge is 0.306 e. The van der Waals surface area contributed by atoms with Crippen molar-refractivity contribution in [1.82, 2.24) is 24.8 Å². The van der Waals surface area contributed by atoms with Gasteiger partial charge in [-0.25, -0.2) is 19.9 Å². The molecule has 0 amide bonds. The Bertz CT molecular complexity index is 1240. The summed E-state index contributed by atoms with van der Waals surface area (Å²) in [6.07, 6.45) is 6.90. The Balaban J connectivity index is 0.00000320. The van der Waals surface area contributed by atoms with Gasteiger partial charge in [0.2, 0.25) is 0 Å². The number of likely N-dealkylation sites (tertiary alicyclic amines) is 1. The molecule has 0 bridgehead atoms. The number of halogens is 1. The Hall–Kier alpha value is -2.47. The fourth-order valence-electron chi connectivity index (χ4n) is 4.84. The molecule has 2 aliphatic heterocycles. The third-order valence-corrected chi connectivity index (χ3v) is 9.01. The number of aliphatic carboxylic acids is 1. The van der Waals surface area contributed by atoms with Crippen molar-refractivity contribution < 1.29 is 14.7 Å². The maximum absolute atomic E-state index is 13.0. The lowest BCUT2D eigenvalue weighted by molar-refractivity contribution is -0.142. The van der Waals surface area contributed by atoms with Crippen LogP contribution >= 0.6 is 35.1 Å². The molecule has 2 saturated heterocycles. The molecule has 37 heavy (non-hydrogen) atoms. The number of carboxylic acid groups (broad SMARTS) is 1. The molecule has 1 N–H and O–H groups in total. The zero-order valence-electron chi connectivity index (χ0n) is 20.9. The summed E-state index contributed by atoms with van der Waals surface area (Å²) in [5, 5.41) is 12.9. The molecule has 0 radical (unpaired) electrons. The van der Waals surface area contributed by atoms with Crippen LogP contribution in [-0.2, 0) is 17.8 Å². The number of hydrogen-bond acceptors (Lipinski definition) is 10. The molecule has 2 aliphatic rings. The van der Waals surface area contributed by atoms with Crippen LogP contribution in [0, 0.1) is 12.8 Å². The normalized spacial score (nSPS) is 18.6. The number of piperidine rings is 1. The third kappa shape index (κ3) is 6.34. The number of aromatic nitrogens is 4. The highest BCUT2D eigenvalue weighted by Crippen LogP contribution is 2.33. The van der Waals surface area contributed by atoms with Gasteiger partial charge in [-0.05, 0) is 46.1 Å². The van der Waals surface area contributed by atoms with E-state index in [1.807, 2.05) is 17.2 Å². The van der Waals surface area contributed by atoms with Crippen LogP contribution in [0.5, 0.6) is 0 Å². The fraction of sp³-hybridized carbons (Fsp3) is 0.520. The summed E-state index contributed by atoms with van der Waals surface area (Å²) in [6.45, 7) is 7.40. The molecule has 3 aromatic rings. The van der Waals surface area contributed by atoms with Crippen LogP contribution in [0.2, 0.25) is 0 Å². The summed E-state index contributed by atoms with van der Waals surface area (Å²) in [4.78, 5) is 48.2. The number of Topliss-reactive ketones (excluding diaryl/α,β-unsaturated/α-hetero) is 1. The molecule has 0 aromatic carbocycles. The molecule has 0 unspecified atom stereocenters. The lowest BCUT2D eigenvalue weighted by atomic mass is 9.97. The van der Waals surface area contributed by atoms with E-state index in [1.165, 1.54) is 19.0 Å². The Labute approximate surface area is 230 Å². The minimum absolute atomic E-state index is 0. The van der Waals surface area contributed by atoms with Crippen LogP contribution in [0.4, 0.5) is 5.82 Å². The number of aryl methyl sites for hydroxylation is 1. The molecule has 0 aliphatic carbocycles. The highest BCUT2D eigenvalue weighted by atomic mass is 35.5. The molecule has 5 rings (SSSR count). The van der Waals surface area contributed by atoms with Gasteiger partial charge in [0, 0.05) is 41.6 Å². The lowest BCUT2D eigenvalue weighted by Gasteiger charge is -2.30. The van der Waals surface area contributed by atoms with Gasteiger partial charge in [-0.2, -0.15) is 0 Å². The van der Waals surface area contributed by atoms with Crippen molar-refractivity contribution in [3.63, 3.8) is 0 Å². The van der Waals surface area contributed by atoms with Gasteiger partial charge in [-0.15, -0.1) is 35.1 Å². The minimum Gasteiger partial charge on any atom is -0.481 e. The van der Waals surface area contributed by atoms with E-state index in [0.29, 0.717) is 43.5 Å². The first-order chi connectivity index (χ1) is 17.4. The van der Waals surface area contributed by atoms with E-state index in [-0.39, 0.29) is 30.5 Å². The largest absolute Gasteiger partial charge is 0.481 e. The van der Waals surface area contributed by atoms with E-state index in [2.05, 4.69) is 26.8 Å². The van der Waals surface area contributed by atoms with Gasteiger partial charge in [0.1, 0.15) is 27.2 Å². The number of hydrogen-bond donors (Lipinski definition) is 1. The molecule has 0 saturated carbocycles. The number of nitrogens with zero attached hydrogens (tertiary/aromatic N) is 6. The van der Waals surface area contributed by atoms with Crippen molar-refractivity contribution in [2.24, 2.45) is 5.92 Å². The second-order valence-electron chi connectivity index (χ2n) is 9.59. The van der Waals surface area contributed by atoms with Gasteiger partial charge in [0.15, 0.2) is 5.78 Å². The number of thiazole rings is 2. The van der Waals surface area contributed by atoms with Crippen LogP contribution in [0.25, 0.3) is 10.7 Å². The van der Waals surface area contributed by atoms with Gasteiger partial charge in [0.25, 0.3) is 0 Å². The zero-order valence-corrected chi connectivity index (χ0v) is 23.4. The lowest BCUT2D eigenvalue weighted by Crippen LogP contribution is -2.36. The summed E-state index contributed by atoms with van der Waals surface area (Å²) in [5.41, 5.74) is 2.19. The summed E-state index contributed by atoms with van der Waals surface area (Å²) < 4.78 is 0. The van der Waals surface area contributed by atoms with Gasteiger partial charge >= 0.3 is 5.97 Å². The standard InChI is InChI=1S/C25H30N6O3S2.ClH/c1-15-14-35-24(28-15)23-20(13-31-7-3-4-16(31)2)36-22(29-23)10-19(32)18-11-27-21(12-26-18)30-8-5-17(6-9-30)25(33)34;/h11-12,14,16-17H,3-10,13H2,1-2H3,(H,33,34);1H/t16-;/m1./s1. The highest BCUT2D eigenvalue weighted by molar-refractivity contribution is 7.15. The number of carbonyl (C=O) groups excluding carboxylic acids is 1. The van der Waals surface area contributed by atoms with E-state index >= 15 is 0 Å². The Morgan fingerprint density at radius 2 is 1.89 bits per heavy atom. The van der Waals surface area contributed by atoms with Gasteiger partial charge in [-0.3, -0.25) is 14.5 Å². The average molecular weight is 563 g/mol. The van der Waals surface area contributed by atoms with E-state index in [4.69, 9.17) is 4.98 Å². The second kappa shape index (κ2) is 11.9. The van der Waals surface area contributed by atoms with Crippen LogP contribution in [0.3, 0.4) is 0 Å². The van der Waals surface area contributed by atoms with Crippen molar-refractivity contribution in [1.29, 1.82) is 0 Å². The summed E-state index contributed by atoms with van der Waals surface area (Å²) >= 11 is 3.18. The van der Waals surface area contributed by atoms with Gasteiger partial charge in [-0.1, -0.05) is 0 Å². The average Bonchev–Trinajstić information content (AvgIpc) is 3.60. The van der Waals surface area contributed by atoms with E-state index in [1.54, 1.807) is 28.9 Å². The van der Waals surface area contributed by atoms with Gasteiger partial charge in [0.05, 0.1) is 24.7 Å². The Morgan fingerprint density at radius 3 is 2.49 bits per heavy atom. The molecule has 1 atom stereocenters. The summed E-state index contributed by atoms with van der Waals surface area (Å²) in [5.74, 6) is -0.483. The maximum Gasteiger partial charge on any atom is 0.306 e. The minimum atomic E-state index is -0.741. The molecule has 5 heterocycles. The predicted molar refractivity (Wildman–Crippen MR) is 147 cm³/mol.